The highest BCUT2D eigenvalue weighted by atomic mass is 19.1. The third-order valence-corrected chi connectivity index (χ3v) is 2.08. The molecule has 0 spiro atoms. The second-order valence-electron chi connectivity index (χ2n) is 3.24. The largest absolute Gasteiger partial charge is 0.319 e. The number of rotatable bonds is 4. The van der Waals surface area contributed by atoms with Gasteiger partial charge in [-0.05, 0) is 37.7 Å². The summed E-state index contributed by atoms with van der Waals surface area (Å²) >= 11 is 0. The number of carbonyl (C=O) groups excluding carboxylic acids is 1. The highest BCUT2D eigenvalue weighted by Crippen LogP contribution is 2.10. The van der Waals surface area contributed by atoms with E-state index >= 15 is 0 Å². The Kier molecular flexibility index (Phi) is 3.77. The molecule has 0 radical (unpaired) electrons. The first-order chi connectivity index (χ1) is 6.65. The molecule has 76 valence electrons. The van der Waals surface area contributed by atoms with Gasteiger partial charge in [-0.25, -0.2) is 4.39 Å². The summed E-state index contributed by atoms with van der Waals surface area (Å²) in [6.45, 7) is 2.31. The number of ketones is 1. The van der Waals surface area contributed by atoms with Crippen molar-refractivity contribution < 1.29 is 9.18 Å². The molecule has 3 heteroatoms. The Bertz CT molecular complexity index is 336. The van der Waals surface area contributed by atoms with Gasteiger partial charge in [0.15, 0.2) is 5.78 Å². The van der Waals surface area contributed by atoms with Crippen LogP contribution in [0.2, 0.25) is 0 Å². The third-order valence-electron chi connectivity index (χ3n) is 2.08. The molecule has 2 nitrogen and oxygen atoms in total. The number of benzene rings is 1. The second kappa shape index (κ2) is 4.86. The normalized spacial score (nSPS) is 10.2. The van der Waals surface area contributed by atoms with Crippen molar-refractivity contribution in [3.8, 4) is 0 Å². The fraction of sp³-hybridized carbons (Fsp3) is 0.364. The van der Waals surface area contributed by atoms with E-state index in [1.54, 1.807) is 20.0 Å². The summed E-state index contributed by atoms with van der Waals surface area (Å²) < 4.78 is 12.9. The van der Waals surface area contributed by atoms with E-state index in [0.717, 1.165) is 0 Å². The SMILES string of the molecule is CNCCC(=O)c1ccc(F)c(C)c1. The van der Waals surface area contributed by atoms with E-state index in [1.165, 1.54) is 12.1 Å². The number of hydrogen-bond donors (Lipinski definition) is 1. The van der Waals surface area contributed by atoms with E-state index in [9.17, 15) is 9.18 Å². The zero-order chi connectivity index (χ0) is 10.6. The summed E-state index contributed by atoms with van der Waals surface area (Å²) in [6, 6.07) is 4.45. The summed E-state index contributed by atoms with van der Waals surface area (Å²) in [5.74, 6) is -0.224. The Hall–Kier alpha value is -1.22. The van der Waals surface area contributed by atoms with Crippen LogP contribution in [-0.4, -0.2) is 19.4 Å². The lowest BCUT2D eigenvalue weighted by molar-refractivity contribution is 0.0983. The first kappa shape index (κ1) is 10.9. The molecule has 0 unspecified atom stereocenters. The van der Waals surface area contributed by atoms with Gasteiger partial charge < -0.3 is 5.32 Å². The van der Waals surface area contributed by atoms with E-state index in [1.807, 2.05) is 0 Å². The van der Waals surface area contributed by atoms with Gasteiger partial charge in [0.05, 0.1) is 0 Å². The van der Waals surface area contributed by atoms with Gasteiger partial charge in [0.2, 0.25) is 0 Å². The monoisotopic (exact) mass is 195 g/mol. The number of carbonyl (C=O) groups is 1. The summed E-state index contributed by atoms with van der Waals surface area (Å²) in [7, 11) is 1.79. The third kappa shape index (κ3) is 2.64. The van der Waals surface area contributed by atoms with Crippen LogP contribution < -0.4 is 5.32 Å². The number of nitrogens with one attached hydrogen (secondary N) is 1. The minimum Gasteiger partial charge on any atom is -0.319 e. The van der Waals surface area contributed by atoms with Crippen molar-refractivity contribution in [2.75, 3.05) is 13.6 Å². The lowest BCUT2D eigenvalue weighted by Crippen LogP contribution is -2.13. The van der Waals surface area contributed by atoms with Gasteiger partial charge in [0, 0.05) is 18.5 Å². The van der Waals surface area contributed by atoms with Gasteiger partial charge in [0.1, 0.15) is 5.82 Å². The molecule has 0 fully saturated rings. The van der Waals surface area contributed by atoms with Crippen LogP contribution in [0.4, 0.5) is 4.39 Å². The first-order valence-electron chi connectivity index (χ1n) is 4.59. The predicted octanol–water partition coefficient (Wildman–Crippen LogP) is 1.93. The molecule has 1 aromatic rings. The molecule has 14 heavy (non-hydrogen) atoms. The van der Waals surface area contributed by atoms with Crippen molar-refractivity contribution >= 4 is 5.78 Å². The lowest BCUT2D eigenvalue weighted by atomic mass is 10.1. The molecule has 0 saturated heterocycles. The van der Waals surface area contributed by atoms with Gasteiger partial charge in [-0.15, -0.1) is 0 Å². The molecule has 0 aliphatic heterocycles. The minimum absolute atomic E-state index is 0.0439. The fourth-order valence-corrected chi connectivity index (χ4v) is 1.20. The van der Waals surface area contributed by atoms with Crippen molar-refractivity contribution in [3.05, 3.63) is 35.1 Å². The van der Waals surface area contributed by atoms with Gasteiger partial charge >= 0.3 is 0 Å². The van der Waals surface area contributed by atoms with Crippen LogP contribution in [0.5, 0.6) is 0 Å². The Balaban J connectivity index is 2.76. The Labute approximate surface area is 83.1 Å². The number of hydrogen-bond acceptors (Lipinski definition) is 2. The van der Waals surface area contributed by atoms with E-state index < -0.39 is 0 Å². The molecular formula is C11H14FNO. The van der Waals surface area contributed by atoms with Crippen molar-refractivity contribution in [1.29, 1.82) is 0 Å². The number of halogens is 1. The molecule has 0 aliphatic rings. The van der Waals surface area contributed by atoms with Gasteiger partial charge in [-0.2, -0.15) is 0 Å². The lowest BCUT2D eigenvalue weighted by Gasteiger charge is -2.02. The Morgan fingerprint density at radius 2 is 2.21 bits per heavy atom. The summed E-state index contributed by atoms with van der Waals surface area (Å²) in [4.78, 5) is 11.5. The summed E-state index contributed by atoms with van der Waals surface area (Å²) in [5, 5.41) is 2.90. The number of aryl methyl sites for hydroxylation is 1. The number of Topliss-reactive ketones (excluding diaryl/α,β-unsaturated/α-hetero) is 1. The smallest absolute Gasteiger partial charge is 0.164 e. The highest BCUT2D eigenvalue weighted by Gasteiger charge is 2.06. The minimum atomic E-state index is -0.268. The zero-order valence-electron chi connectivity index (χ0n) is 8.43. The summed E-state index contributed by atoms with van der Waals surface area (Å²) in [5.41, 5.74) is 1.10. The molecule has 1 aromatic carbocycles. The van der Waals surface area contributed by atoms with Crippen LogP contribution in [-0.2, 0) is 0 Å². The molecule has 0 bridgehead atoms. The molecule has 1 rings (SSSR count). The van der Waals surface area contributed by atoms with Gasteiger partial charge in [0.25, 0.3) is 0 Å². The molecule has 0 aromatic heterocycles. The predicted molar refractivity (Wildman–Crippen MR) is 54.0 cm³/mol. The van der Waals surface area contributed by atoms with Crippen molar-refractivity contribution in [2.24, 2.45) is 0 Å². The highest BCUT2D eigenvalue weighted by molar-refractivity contribution is 5.96. The van der Waals surface area contributed by atoms with Crippen LogP contribution >= 0.6 is 0 Å². The summed E-state index contributed by atoms with van der Waals surface area (Å²) in [6.07, 6.45) is 0.446. The molecule has 0 atom stereocenters. The average molecular weight is 195 g/mol. The molecule has 1 N–H and O–H groups in total. The standard InChI is InChI=1S/C11H14FNO/c1-8-7-9(3-4-10(8)12)11(14)5-6-13-2/h3-4,7,13H,5-6H2,1-2H3. The quantitative estimate of drug-likeness (QED) is 0.744. The van der Waals surface area contributed by atoms with Crippen LogP contribution in [0.15, 0.2) is 18.2 Å². The van der Waals surface area contributed by atoms with Gasteiger partial charge in [-0.1, -0.05) is 0 Å². The maximum Gasteiger partial charge on any atom is 0.164 e. The molecular weight excluding hydrogens is 181 g/mol. The van der Waals surface area contributed by atoms with E-state index in [-0.39, 0.29) is 11.6 Å². The topological polar surface area (TPSA) is 29.1 Å². The second-order valence-corrected chi connectivity index (χ2v) is 3.24. The van der Waals surface area contributed by atoms with Crippen molar-refractivity contribution in [3.63, 3.8) is 0 Å². The van der Waals surface area contributed by atoms with E-state index in [4.69, 9.17) is 0 Å². The Morgan fingerprint density at radius 1 is 1.50 bits per heavy atom. The molecule has 0 aliphatic carbocycles. The average Bonchev–Trinajstić information content (AvgIpc) is 2.18. The van der Waals surface area contributed by atoms with E-state index in [2.05, 4.69) is 5.32 Å². The molecule has 0 amide bonds. The van der Waals surface area contributed by atoms with Crippen LogP contribution in [0.3, 0.4) is 0 Å². The maximum atomic E-state index is 12.9. The van der Waals surface area contributed by atoms with Gasteiger partial charge in [-0.3, -0.25) is 4.79 Å². The Morgan fingerprint density at radius 3 is 2.79 bits per heavy atom. The van der Waals surface area contributed by atoms with Crippen LogP contribution in [0.25, 0.3) is 0 Å². The van der Waals surface area contributed by atoms with Crippen molar-refractivity contribution in [2.45, 2.75) is 13.3 Å². The maximum absolute atomic E-state index is 12.9. The molecule has 0 heterocycles. The fourth-order valence-electron chi connectivity index (χ4n) is 1.20. The van der Waals surface area contributed by atoms with Crippen molar-refractivity contribution in [1.82, 2.24) is 5.32 Å². The zero-order valence-corrected chi connectivity index (χ0v) is 8.43. The molecule has 0 saturated carbocycles. The van der Waals surface area contributed by atoms with Crippen LogP contribution in [0, 0.1) is 12.7 Å². The van der Waals surface area contributed by atoms with E-state index in [0.29, 0.717) is 24.1 Å². The first-order valence-corrected chi connectivity index (χ1v) is 4.59. The van der Waals surface area contributed by atoms with Crippen LogP contribution in [0.1, 0.15) is 22.3 Å².